The maximum atomic E-state index is 11.5. The van der Waals surface area contributed by atoms with E-state index in [1.165, 1.54) is 6.26 Å². The maximum Gasteiger partial charge on any atom is 0.360 e. The number of fused-ring (bicyclic) bond motifs is 1. The van der Waals surface area contributed by atoms with Crippen molar-refractivity contribution in [2.45, 2.75) is 17.4 Å². The molecule has 0 saturated carbocycles. The van der Waals surface area contributed by atoms with Crippen molar-refractivity contribution in [1.29, 1.82) is 0 Å². The van der Waals surface area contributed by atoms with Crippen LogP contribution in [0.4, 0.5) is 0 Å². The number of nitrogens with zero attached hydrogens (tertiary/aromatic N) is 2. The van der Waals surface area contributed by atoms with E-state index in [1.54, 1.807) is 6.92 Å². The summed E-state index contributed by atoms with van der Waals surface area (Å²) in [5, 5.41) is 0.683. The number of aromatic nitrogens is 2. The summed E-state index contributed by atoms with van der Waals surface area (Å²) in [5.74, 6) is -0.513. The molecule has 102 valence electrons. The zero-order valence-electron chi connectivity index (χ0n) is 10.5. The van der Waals surface area contributed by atoms with Crippen LogP contribution in [0.15, 0.2) is 49.8 Å². The second-order valence-corrected chi connectivity index (χ2v) is 4.67. The van der Waals surface area contributed by atoms with Gasteiger partial charge in [-0.1, -0.05) is 12.1 Å². The smallest absolute Gasteiger partial charge is 0.360 e. The summed E-state index contributed by atoms with van der Waals surface area (Å²) in [4.78, 5) is 19.8. The number of benzene rings is 1. The standard InChI is InChI=1S/C13H10N2O4S/c1-2-17-11(16)9-7-18-12(15-9)20-13-14-8-5-3-4-6-10(8)19-13/h3-7H,2H2,1H3. The molecule has 3 aromatic rings. The van der Waals surface area contributed by atoms with Gasteiger partial charge in [0.25, 0.3) is 10.4 Å². The van der Waals surface area contributed by atoms with E-state index in [0.29, 0.717) is 17.4 Å². The Morgan fingerprint density at radius 3 is 2.95 bits per heavy atom. The van der Waals surface area contributed by atoms with Crippen molar-refractivity contribution in [1.82, 2.24) is 9.97 Å². The molecule has 0 atom stereocenters. The van der Waals surface area contributed by atoms with Crippen LogP contribution in [-0.2, 0) is 4.74 Å². The van der Waals surface area contributed by atoms with Gasteiger partial charge in [0.05, 0.1) is 6.61 Å². The third kappa shape index (κ3) is 2.53. The van der Waals surface area contributed by atoms with Gasteiger partial charge in [-0.05, 0) is 19.1 Å². The number of hydrogen-bond acceptors (Lipinski definition) is 7. The Labute approximate surface area is 118 Å². The molecule has 0 aliphatic carbocycles. The summed E-state index contributed by atoms with van der Waals surface area (Å²) < 4.78 is 15.5. The first-order valence-electron chi connectivity index (χ1n) is 5.92. The van der Waals surface area contributed by atoms with Crippen LogP contribution in [0.1, 0.15) is 17.4 Å². The summed E-state index contributed by atoms with van der Waals surface area (Å²) in [6.45, 7) is 2.02. The number of ether oxygens (including phenoxy) is 1. The van der Waals surface area contributed by atoms with Gasteiger partial charge in [-0.3, -0.25) is 0 Å². The van der Waals surface area contributed by atoms with Crippen molar-refractivity contribution in [3.8, 4) is 0 Å². The molecule has 20 heavy (non-hydrogen) atoms. The van der Waals surface area contributed by atoms with E-state index in [9.17, 15) is 4.79 Å². The number of carbonyl (C=O) groups excluding carboxylic acids is 1. The van der Waals surface area contributed by atoms with Crippen molar-refractivity contribution in [2.75, 3.05) is 6.61 Å². The molecule has 2 heterocycles. The fourth-order valence-electron chi connectivity index (χ4n) is 1.57. The Kier molecular flexibility index (Phi) is 3.42. The first-order chi connectivity index (χ1) is 9.76. The second-order valence-electron chi connectivity index (χ2n) is 3.77. The molecule has 0 aliphatic rings. The van der Waals surface area contributed by atoms with Crippen molar-refractivity contribution < 1.29 is 18.4 Å². The number of rotatable bonds is 4. The molecule has 0 unspecified atom stereocenters. The van der Waals surface area contributed by atoms with E-state index in [4.69, 9.17) is 13.6 Å². The molecule has 3 rings (SSSR count). The Bertz CT molecular complexity index is 717. The lowest BCUT2D eigenvalue weighted by Gasteiger charge is -1.94. The molecule has 0 spiro atoms. The summed E-state index contributed by atoms with van der Waals surface area (Å²) in [6, 6.07) is 7.42. The highest BCUT2D eigenvalue weighted by molar-refractivity contribution is 7.98. The molecular formula is C13H10N2O4S. The third-order valence-electron chi connectivity index (χ3n) is 2.42. The Balaban J connectivity index is 1.79. The van der Waals surface area contributed by atoms with Crippen molar-refractivity contribution >= 4 is 28.8 Å². The lowest BCUT2D eigenvalue weighted by atomic mass is 10.3. The lowest BCUT2D eigenvalue weighted by molar-refractivity contribution is 0.0519. The van der Waals surface area contributed by atoms with Crippen LogP contribution in [0, 0.1) is 0 Å². The Morgan fingerprint density at radius 2 is 2.15 bits per heavy atom. The minimum Gasteiger partial charge on any atom is -0.461 e. The molecule has 0 amide bonds. The molecule has 7 heteroatoms. The summed E-state index contributed by atoms with van der Waals surface area (Å²) in [6.07, 6.45) is 1.25. The normalized spacial score (nSPS) is 10.8. The van der Waals surface area contributed by atoms with E-state index in [2.05, 4.69) is 9.97 Å². The van der Waals surface area contributed by atoms with Crippen LogP contribution >= 0.6 is 11.8 Å². The molecule has 0 N–H and O–H groups in total. The van der Waals surface area contributed by atoms with Gasteiger partial charge in [-0.25, -0.2) is 9.78 Å². The minimum absolute atomic E-state index is 0.130. The largest absolute Gasteiger partial charge is 0.461 e. The number of oxazole rings is 2. The zero-order chi connectivity index (χ0) is 13.9. The van der Waals surface area contributed by atoms with E-state index in [-0.39, 0.29) is 10.9 Å². The van der Waals surface area contributed by atoms with E-state index >= 15 is 0 Å². The third-order valence-corrected chi connectivity index (χ3v) is 3.13. The molecule has 0 saturated heterocycles. The molecule has 2 aromatic heterocycles. The SMILES string of the molecule is CCOC(=O)c1coc(Sc2nc3ccccc3o2)n1. The van der Waals surface area contributed by atoms with Gasteiger partial charge in [0.15, 0.2) is 11.3 Å². The number of hydrogen-bond donors (Lipinski definition) is 0. The van der Waals surface area contributed by atoms with Crippen LogP contribution in [0.2, 0.25) is 0 Å². The second kappa shape index (κ2) is 5.38. The quantitative estimate of drug-likeness (QED) is 0.683. The van der Waals surface area contributed by atoms with Crippen molar-refractivity contribution in [3.63, 3.8) is 0 Å². The summed E-state index contributed by atoms with van der Waals surface area (Å²) >= 11 is 1.11. The lowest BCUT2D eigenvalue weighted by Crippen LogP contribution is -2.04. The van der Waals surface area contributed by atoms with E-state index in [1.807, 2.05) is 24.3 Å². The fraction of sp³-hybridized carbons (Fsp3) is 0.154. The first kappa shape index (κ1) is 12.7. The first-order valence-corrected chi connectivity index (χ1v) is 6.74. The molecule has 6 nitrogen and oxygen atoms in total. The Hall–Kier alpha value is -2.28. The van der Waals surface area contributed by atoms with E-state index in [0.717, 1.165) is 17.3 Å². The highest BCUT2D eigenvalue weighted by Crippen LogP contribution is 2.29. The molecule has 0 radical (unpaired) electrons. The highest BCUT2D eigenvalue weighted by atomic mass is 32.2. The van der Waals surface area contributed by atoms with Crippen LogP contribution in [0.5, 0.6) is 0 Å². The van der Waals surface area contributed by atoms with Crippen LogP contribution in [0.25, 0.3) is 11.1 Å². The summed E-state index contributed by atoms with van der Waals surface area (Å²) in [5.41, 5.74) is 1.57. The minimum atomic E-state index is -0.513. The van der Waals surface area contributed by atoms with Gasteiger partial charge in [0.2, 0.25) is 0 Å². The maximum absolute atomic E-state index is 11.5. The zero-order valence-corrected chi connectivity index (χ0v) is 11.3. The predicted molar refractivity (Wildman–Crippen MR) is 70.6 cm³/mol. The monoisotopic (exact) mass is 290 g/mol. The van der Waals surface area contributed by atoms with Crippen LogP contribution in [-0.4, -0.2) is 22.5 Å². The average Bonchev–Trinajstić information content (AvgIpc) is 3.05. The van der Waals surface area contributed by atoms with Crippen LogP contribution < -0.4 is 0 Å². The number of para-hydroxylation sites is 2. The van der Waals surface area contributed by atoms with Crippen molar-refractivity contribution in [2.24, 2.45) is 0 Å². The molecule has 0 aliphatic heterocycles. The number of carbonyl (C=O) groups is 1. The van der Waals surface area contributed by atoms with Crippen LogP contribution in [0.3, 0.4) is 0 Å². The van der Waals surface area contributed by atoms with Gasteiger partial charge in [-0.15, -0.1) is 0 Å². The Morgan fingerprint density at radius 1 is 1.30 bits per heavy atom. The molecule has 0 bridgehead atoms. The van der Waals surface area contributed by atoms with E-state index < -0.39 is 5.97 Å². The predicted octanol–water partition coefficient (Wildman–Crippen LogP) is 3.14. The van der Waals surface area contributed by atoms with Gasteiger partial charge in [0, 0.05) is 11.8 Å². The van der Waals surface area contributed by atoms with Gasteiger partial charge in [0.1, 0.15) is 11.8 Å². The molecule has 1 aromatic carbocycles. The molecular weight excluding hydrogens is 280 g/mol. The number of esters is 1. The van der Waals surface area contributed by atoms with Gasteiger partial charge in [-0.2, -0.15) is 4.98 Å². The van der Waals surface area contributed by atoms with Crippen molar-refractivity contribution in [3.05, 3.63) is 36.2 Å². The average molecular weight is 290 g/mol. The van der Waals surface area contributed by atoms with Gasteiger partial charge >= 0.3 is 5.97 Å². The summed E-state index contributed by atoms with van der Waals surface area (Å²) in [7, 11) is 0. The topological polar surface area (TPSA) is 78.4 Å². The molecule has 0 fully saturated rings. The highest BCUT2D eigenvalue weighted by Gasteiger charge is 2.16. The van der Waals surface area contributed by atoms with Gasteiger partial charge < -0.3 is 13.6 Å². The fourth-order valence-corrected chi connectivity index (χ4v) is 2.24.